The number of benzene rings is 3. The van der Waals surface area contributed by atoms with Gasteiger partial charge in [-0.2, -0.15) is 5.10 Å². The van der Waals surface area contributed by atoms with Gasteiger partial charge in [0.1, 0.15) is 18.1 Å². The molecule has 0 saturated carbocycles. The van der Waals surface area contributed by atoms with Crippen LogP contribution in [0.4, 0.5) is 0 Å². The lowest BCUT2D eigenvalue weighted by Gasteiger charge is -2.12. The van der Waals surface area contributed by atoms with Crippen LogP contribution in [0.2, 0.25) is 10.0 Å². The van der Waals surface area contributed by atoms with E-state index in [4.69, 9.17) is 32.7 Å². The summed E-state index contributed by atoms with van der Waals surface area (Å²) in [5, 5.41) is 5.23. The number of halogens is 4. The second-order valence-corrected chi connectivity index (χ2v) is 10.1. The van der Waals surface area contributed by atoms with Gasteiger partial charge in [-0.05, 0) is 106 Å². The Kier molecular flexibility index (Phi) is 10.1. The smallest absolute Gasteiger partial charge is 0.271 e. The summed E-state index contributed by atoms with van der Waals surface area (Å²) in [5.74, 6) is 1.20. The Balaban J connectivity index is 1.60. The molecule has 0 bridgehead atoms. The van der Waals surface area contributed by atoms with Crippen LogP contribution in [0.3, 0.4) is 0 Å². The predicted molar refractivity (Wildman–Crippen MR) is 150 cm³/mol. The van der Waals surface area contributed by atoms with Crippen LogP contribution >= 0.6 is 68.4 Å². The minimum atomic E-state index is -0.294. The quantitative estimate of drug-likeness (QED) is 0.144. The number of rotatable bonds is 9. The molecule has 33 heavy (non-hydrogen) atoms. The summed E-state index contributed by atoms with van der Waals surface area (Å²) in [5.41, 5.74) is 4.74. The number of amides is 1. The molecule has 0 saturated heterocycles. The van der Waals surface area contributed by atoms with Gasteiger partial charge in [0.15, 0.2) is 0 Å². The van der Waals surface area contributed by atoms with Gasteiger partial charge in [-0.1, -0.05) is 36.2 Å². The van der Waals surface area contributed by atoms with Crippen molar-refractivity contribution in [1.82, 2.24) is 5.43 Å². The van der Waals surface area contributed by atoms with Crippen LogP contribution in [0.25, 0.3) is 0 Å². The third kappa shape index (κ3) is 7.73. The Labute approximate surface area is 230 Å². The van der Waals surface area contributed by atoms with Crippen LogP contribution in [-0.4, -0.2) is 18.7 Å². The molecule has 0 unspecified atom stereocenters. The van der Waals surface area contributed by atoms with E-state index in [1.807, 2.05) is 25.1 Å². The van der Waals surface area contributed by atoms with E-state index in [1.54, 1.807) is 42.6 Å². The van der Waals surface area contributed by atoms with Crippen molar-refractivity contribution in [1.29, 1.82) is 0 Å². The van der Waals surface area contributed by atoms with E-state index in [9.17, 15) is 4.79 Å². The number of carbonyl (C=O) groups is 1. The first-order valence-electron chi connectivity index (χ1n) is 9.99. The van der Waals surface area contributed by atoms with Gasteiger partial charge in [-0.25, -0.2) is 5.43 Å². The summed E-state index contributed by atoms with van der Waals surface area (Å²) in [6, 6.07) is 16.1. The van der Waals surface area contributed by atoms with Gasteiger partial charge in [0, 0.05) is 21.2 Å². The number of ether oxygens (including phenoxy) is 2. The van der Waals surface area contributed by atoms with Gasteiger partial charge in [0.05, 0.1) is 20.0 Å². The highest BCUT2D eigenvalue weighted by Gasteiger charge is 2.11. The zero-order valence-electron chi connectivity index (χ0n) is 17.6. The molecule has 1 N–H and O–H groups in total. The van der Waals surface area contributed by atoms with Gasteiger partial charge >= 0.3 is 0 Å². The SMILES string of the molecule is CCCOc1ccc(C(=O)N/N=C/c2cc(I)c(OCc3ccc(Cl)cc3Cl)c(I)c2)cc1. The molecule has 3 aromatic rings. The van der Waals surface area contributed by atoms with Gasteiger partial charge < -0.3 is 9.47 Å². The number of hydrogen-bond donors (Lipinski definition) is 1. The summed E-state index contributed by atoms with van der Waals surface area (Å²) >= 11 is 16.6. The second kappa shape index (κ2) is 12.8. The Morgan fingerprint density at radius 2 is 1.73 bits per heavy atom. The zero-order valence-corrected chi connectivity index (χ0v) is 23.4. The molecule has 0 atom stereocenters. The maximum absolute atomic E-state index is 12.3. The molecule has 0 fully saturated rings. The average Bonchev–Trinajstić information content (AvgIpc) is 2.78. The summed E-state index contributed by atoms with van der Waals surface area (Å²) in [4.78, 5) is 12.3. The second-order valence-electron chi connectivity index (χ2n) is 6.91. The molecule has 0 spiro atoms. The largest absolute Gasteiger partial charge is 0.494 e. The third-order valence-corrected chi connectivity index (χ3v) is 6.57. The fourth-order valence-corrected chi connectivity index (χ4v) is 5.32. The van der Waals surface area contributed by atoms with E-state index >= 15 is 0 Å². The van der Waals surface area contributed by atoms with Gasteiger partial charge in [0.25, 0.3) is 5.91 Å². The normalized spacial score (nSPS) is 10.9. The first-order valence-corrected chi connectivity index (χ1v) is 12.9. The summed E-state index contributed by atoms with van der Waals surface area (Å²) in [6.45, 7) is 3.01. The highest BCUT2D eigenvalue weighted by atomic mass is 127. The Morgan fingerprint density at radius 3 is 2.36 bits per heavy atom. The zero-order chi connectivity index (χ0) is 23.8. The summed E-state index contributed by atoms with van der Waals surface area (Å²) in [7, 11) is 0. The van der Waals surface area contributed by atoms with E-state index in [1.165, 1.54) is 0 Å². The van der Waals surface area contributed by atoms with Gasteiger partial charge in [-0.3, -0.25) is 4.79 Å². The Bertz CT molecular complexity index is 1130. The number of hydrazone groups is 1. The van der Waals surface area contributed by atoms with Crippen molar-refractivity contribution in [3.8, 4) is 11.5 Å². The van der Waals surface area contributed by atoms with Crippen LogP contribution < -0.4 is 14.9 Å². The van der Waals surface area contributed by atoms with Crippen molar-refractivity contribution in [2.75, 3.05) is 6.61 Å². The maximum Gasteiger partial charge on any atom is 0.271 e. The standard InChI is InChI=1S/C24H20Cl2I2N2O3/c1-2-9-32-19-7-4-16(5-8-19)24(31)30-29-13-15-10-21(27)23(22(28)11-15)33-14-17-3-6-18(25)12-20(17)26/h3-8,10-13H,2,9,14H2,1H3,(H,30,31)/b29-13+. The predicted octanol–water partition coefficient (Wildman–Crippen LogP) is 7.33. The fourth-order valence-electron chi connectivity index (χ4n) is 2.73. The molecule has 3 aromatic carbocycles. The van der Waals surface area contributed by atoms with E-state index < -0.39 is 0 Å². The monoisotopic (exact) mass is 708 g/mol. The topological polar surface area (TPSA) is 59.9 Å². The lowest BCUT2D eigenvalue weighted by Crippen LogP contribution is -2.17. The summed E-state index contributed by atoms with van der Waals surface area (Å²) in [6.07, 6.45) is 2.53. The van der Waals surface area contributed by atoms with Crippen molar-refractivity contribution >= 4 is 80.5 Å². The molecule has 1 amide bonds. The molecule has 0 aromatic heterocycles. The fraction of sp³-hybridized carbons (Fsp3) is 0.167. The maximum atomic E-state index is 12.3. The minimum Gasteiger partial charge on any atom is -0.494 e. The van der Waals surface area contributed by atoms with E-state index in [0.29, 0.717) is 28.8 Å². The minimum absolute atomic E-state index is 0.294. The first kappa shape index (κ1) is 26.1. The summed E-state index contributed by atoms with van der Waals surface area (Å²) < 4.78 is 13.4. The Hall–Kier alpha value is -1.56. The van der Waals surface area contributed by atoms with Crippen LogP contribution in [-0.2, 0) is 6.61 Å². The molecular formula is C24H20Cl2I2N2O3. The van der Waals surface area contributed by atoms with Gasteiger partial charge in [-0.15, -0.1) is 0 Å². The van der Waals surface area contributed by atoms with Crippen molar-refractivity contribution in [2.45, 2.75) is 20.0 Å². The number of nitrogens with zero attached hydrogens (tertiary/aromatic N) is 1. The molecule has 0 radical (unpaired) electrons. The highest BCUT2D eigenvalue weighted by molar-refractivity contribution is 14.1. The molecule has 5 nitrogen and oxygen atoms in total. The van der Waals surface area contributed by atoms with E-state index in [-0.39, 0.29) is 5.91 Å². The Morgan fingerprint density at radius 1 is 1.03 bits per heavy atom. The van der Waals surface area contributed by atoms with Crippen LogP contribution in [0.5, 0.6) is 11.5 Å². The van der Waals surface area contributed by atoms with Crippen LogP contribution in [0, 0.1) is 7.14 Å². The van der Waals surface area contributed by atoms with Crippen molar-refractivity contribution in [3.63, 3.8) is 0 Å². The van der Waals surface area contributed by atoms with Crippen LogP contribution in [0.15, 0.2) is 59.7 Å². The van der Waals surface area contributed by atoms with E-state index in [0.717, 1.165) is 36.2 Å². The van der Waals surface area contributed by atoms with E-state index in [2.05, 4.69) is 55.7 Å². The lowest BCUT2D eigenvalue weighted by molar-refractivity contribution is 0.0955. The molecule has 3 rings (SSSR count). The highest BCUT2D eigenvalue weighted by Crippen LogP contribution is 2.30. The number of hydrogen-bond acceptors (Lipinski definition) is 4. The molecular weight excluding hydrogens is 689 g/mol. The molecule has 0 aliphatic carbocycles. The van der Waals surface area contributed by atoms with Crippen LogP contribution in [0.1, 0.15) is 34.8 Å². The lowest BCUT2D eigenvalue weighted by atomic mass is 10.2. The van der Waals surface area contributed by atoms with Crippen molar-refractivity contribution < 1.29 is 14.3 Å². The van der Waals surface area contributed by atoms with Crippen molar-refractivity contribution in [2.24, 2.45) is 5.10 Å². The number of carbonyl (C=O) groups excluding carboxylic acids is 1. The average molecular weight is 709 g/mol. The van der Waals surface area contributed by atoms with Gasteiger partial charge in [0.2, 0.25) is 0 Å². The van der Waals surface area contributed by atoms with Crippen molar-refractivity contribution in [3.05, 3.63) is 88.5 Å². The third-order valence-electron chi connectivity index (χ3n) is 4.38. The molecule has 0 aliphatic rings. The molecule has 172 valence electrons. The first-order chi connectivity index (χ1) is 15.9. The molecule has 0 heterocycles. The molecule has 0 aliphatic heterocycles. The number of nitrogens with one attached hydrogen (secondary N) is 1. The molecule has 9 heteroatoms.